The number of nitrogens with zero attached hydrogens (tertiary/aromatic N) is 1. The molecule has 1 aromatic heterocycles. The van der Waals surface area contributed by atoms with Crippen molar-refractivity contribution in [2.45, 2.75) is 45.6 Å². The number of aromatic nitrogens is 1. The van der Waals surface area contributed by atoms with E-state index >= 15 is 0 Å². The zero-order valence-electron chi connectivity index (χ0n) is 17.3. The van der Waals surface area contributed by atoms with E-state index in [0.29, 0.717) is 6.04 Å². The summed E-state index contributed by atoms with van der Waals surface area (Å²) in [5.74, 6) is -2.78. The summed E-state index contributed by atoms with van der Waals surface area (Å²) in [5.41, 5.74) is 2.07. The molecule has 0 aliphatic rings. The lowest BCUT2D eigenvalue weighted by Crippen LogP contribution is -2.23. The van der Waals surface area contributed by atoms with Gasteiger partial charge < -0.3 is 25.6 Å². The molecule has 0 fully saturated rings. The monoisotopic (exact) mass is 405 g/mol. The molecular formula is C21H31N3O5. The van der Waals surface area contributed by atoms with Crippen molar-refractivity contribution in [3.05, 3.63) is 30.5 Å². The molecule has 0 radical (unpaired) electrons. The predicted octanol–water partition coefficient (Wildman–Crippen LogP) is 3.37. The van der Waals surface area contributed by atoms with Gasteiger partial charge >= 0.3 is 11.9 Å². The first kappa shape index (κ1) is 24.2. The standard InChI is InChI=1S/C19H29N3O.C2H2O4/c1-15(2)20-10-6-4-5-7-11-21-18-14-17(23-3)13-16-9-8-12-22-19(16)18;3-1(4)2(5)6/h8-9,12-15,20-21H,4-7,10-11H2,1-3H3;(H,3,4)(H,5,6). The van der Waals surface area contributed by atoms with Crippen LogP contribution in [0, 0.1) is 0 Å². The predicted molar refractivity (Wildman–Crippen MR) is 114 cm³/mol. The number of benzene rings is 1. The van der Waals surface area contributed by atoms with Crippen LogP contribution in [0.5, 0.6) is 5.75 Å². The average molecular weight is 405 g/mol. The molecule has 1 heterocycles. The van der Waals surface area contributed by atoms with Crippen LogP contribution in [-0.2, 0) is 9.59 Å². The van der Waals surface area contributed by atoms with Crippen LogP contribution in [0.2, 0.25) is 0 Å². The maximum Gasteiger partial charge on any atom is 0.414 e. The number of fused-ring (bicyclic) bond motifs is 1. The number of unbranched alkanes of at least 4 members (excludes halogenated alkanes) is 3. The number of hydrogen-bond donors (Lipinski definition) is 4. The number of anilines is 1. The van der Waals surface area contributed by atoms with E-state index in [4.69, 9.17) is 24.5 Å². The molecule has 0 bridgehead atoms. The van der Waals surface area contributed by atoms with Gasteiger partial charge in [-0.25, -0.2) is 9.59 Å². The first-order valence-corrected chi connectivity index (χ1v) is 9.71. The van der Waals surface area contributed by atoms with Crippen LogP contribution in [-0.4, -0.2) is 53.4 Å². The zero-order chi connectivity index (χ0) is 21.6. The first-order valence-electron chi connectivity index (χ1n) is 9.71. The SMILES string of the molecule is COc1cc(NCCCCCCNC(C)C)c2ncccc2c1.O=C(O)C(=O)O. The van der Waals surface area contributed by atoms with Gasteiger partial charge in [0.05, 0.1) is 18.3 Å². The Kier molecular flexibility index (Phi) is 11.1. The highest BCUT2D eigenvalue weighted by atomic mass is 16.5. The Morgan fingerprint density at radius 1 is 1.07 bits per heavy atom. The largest absolute Gasteiger partial charge is 0.497 e. The van der Waals surface area contributed by atoms with Crippen LogP contribution in [0.3, 0.4) is 0 Å². The minimum absolute atomic E-state index is 0.588. The fourth-order valence-electron chi connectivity index (χ4n) is 2.63. The molecular weight excluding hydrogens is 374 g/mol. The summed E-state index contributed by atoms with van der Waals surface area (Å²) in [6.45, 7) is 6.47. The molecule has 1 aromatic carbocycles. The second-order valence-electron chi connectivity index (χ2n) is 6.81. The van der Waals surface area contributed by atoms with Crippen molar-refractivity contribution in [1.82, 2.24) is 10.3 Å². The van der Waals surface area contributed by atoms with Crippen LogP contribution < -0.4 is 15.4 Å². The van der Waals surface area contributed by atoms with Crippen molar-refractivity contribution in [3.8, 4) is 5.75 Å². The summed E-state index contributed by atoms with van der Waals surface area (Å²) in [7, 11) is 1.70. The molecule has 0 saturated heterocycles. The Hall–Kier alpha value is -2.87. The molecule has 0 unspecified atom stereocenters. The second kappa shape index (κ2) is 13.3. The maximum absolute atomic E-state index is 9.10. The van der Waals surface area contributed by atoms with Crippen LogP contribution in [0.1, 0.15) is 39.5 Å². The molecule has 0 atom stereocenters. The lowest BCUT2D eigenvalue weighted by Gasteiger charge is -2.11. The van der Waals surface area contributed by atoms with Crippen molar-refractivity contribution in [3.63, 3.8) is 0 Å². The van der Waals surface area contributed by atoms with Gasteiger partial charge in [-0.1, -0.05) is 32.8 Å². The smallest absolute Gasteiger partial charge is 0.414 e. The Balaban J connectivity index is 0.000000612. The number of rotatable bonds is 10. The van der Waals surface area contributed by atoms with E-state index in [1.165, 1.54) is 25.7 Å². The molecule has 2 rings (SSSR count). The number of nitrogens with one attached hydrogen (secondary N) is 2. The third-order valence-electron chi connectivity index (χ3n) is 4.07. The fraction of sp³-hybridized carbons (Fsp3) is 0.476. The Bertz CT molecular complexity index is 768. The van der Waals surface area contributed by atoms with Gasteiger partial charge in [0, 0.05) is 30.2 Å². The number of methoxy groups -OCH3 is 1. The van der Waals surface area contributed by atoms with Gasteiger partial charge in [-0.2, -0.15) is 0 Å². The topological polar surface area (TPSA) is 121 Å². The Morgan fingerprint density at radius 2 is 1.72 bits per heavy atom. The fourth-order valence-corrected chi connectivity index (χ4v) is 2.63. The molecule has 8 nitrogen and oxygen atoms in total. The maximum atomic E-state index is 9.10. The summed E-state index contributed by atoms with van der Waals surface area (Å²) in [6.07, 6.45) is 6.79. The molecule has 160 valence electrons. The second-order valence-corrected chi connectivity index (χ2v) is 6.81. The molecule has 29 heavy (non-hydrogen) atoms. The van der Waals surface area contributed by atoms with Gasteiger partial charge in [0.15, 0.2) is 0 Å². The van der Waals surface area contributed by atoms with Crippen LogP contribution in [0.15, 0.2) is 30.5 Å². The van der Waals surface area contributed by atoms with E-state index in [0.717, 1.165) is 35.4 Å². The van der Waals surface area contributed by atoms with Gasteiger partial charge in [-0.15, -0.1) is 0 Å². The lowest BCUT2D eigenvalue weighted by molar-refractivity contribution is -0.159. The molecule has 0 aliphatic carbocycles. The van der Waals surface area contributed by atoms with Gasteiger partial charge in [0.1, 0.15) is 5.75 Å². The number of pyridine rings is 1. The summed E-state index contributed by atoms with van der Waals surface area (Å²) >= 11 is 0. The van der Waals surface area contributed by atoms with Crippen molar-refractivity contribution in [2.75, 3.05) is 25.5 Å². The lowest BCUT2D eigenvalue weighted by atomic mass is 10.1. The minimum Gasteiger partial charge on any atom is -0.497 e. The summed E-state index contributed by atoms with van der Waals surface area (Å²) in [4.78, 5) is 22.7. The number of carboxylic acid groups (broad SMARTS) is 2. The van der Waals surface area contributed by atoms with E-state index in [9.17, 15) is 0 Å². The van der Waals surface area contributed by atoms with Crippen molar-refractivity contribution < 1.29 is 24.5 Å². The first-order chi connectivity index (χ1) is 13.8. The van der Waals surface area contributed by atoms with E-state index in [1.54, 1.807) is 7.11 Å². The van der Waals surface area contributed by atoms with Crippen LogP contribution in [0.25, 0.3) is 10.9 Å². The van der Waals surface area contributed by atoms with Gasteiger partial charge in [-0.05, 0) is 31.5 Å². The summed E-state index contributed by atoms with van der Waals surface area (Å²) in [5, 5.41) is 22.9. The van der Waals surface area contributed by atoms with Crippen molar-refractivity contribution >= 4 is 28.5 Å². The molecule has 4 N–H and O–H groups in total. The van der Waals surface area contributed by atoms with Crippen molar-refractivity contribution in [2.24, 2.45) is 0 Å². The Labute approximate surface area is 171 Å². The number of ether oxygens (including phenoxy) is 1. The number of aliphatic carboxylic acids is 2. The third-order valence-corrected chi connectivity index (χ3v) is 4.07. The van der Waals surface area contributed by atoms with Gasteiger partial charge in [0.2, 0.25) is 0 Å². The van der Waals surface area contributed by atoms with Crippen molar-refractivity contribution in [1.29, 1.82) is 0 Å². The number of carboxylic acids is 2. The van der Waals surface area contributed by atoms with Crippen LogP contribution >= 0.6 is 0 Å². The van der Waals surface area contributed by atoms with Gasteiger partial charge in [-0.3, -0.25) is 4.98 Å². The number of hydrogen-bond acceptors (Lipinski definition) is 6. The minimum atomic E-state index is -1.82. The average Bonchev–Trinajstić information content (AvgIpc) is 2.69. The third kappa shape index (κ3) is 9.75. The number of carbonyl (C=O) groups is 2. The highest BCUT2D eigenvalue weighted by molar-refractivity contribution is 6.27. The molecule has 0 saturated carbocycles. The normalized spacial score (nSPS) is 10.3. The van der Waals surface area contributed by atoms with E-state index < -0.39 is 11.9 Å². The molecule has 0 amide bonds. The Morgan fingerprint density at radius 3 is 2.31 bits per heavy atom. The zero-order valence-corrected chi connectivity index (χ0v) is 17.3. The van der Waals surface area contributed by atoms with Gasteiger partial charge in [0.25, 0.3) is 0 Å². The van der Waals surface area contributed by atoms with E-state index in [1.807, 2.05) is 24.4 Å². The quantitative estimate of drug-likeness (QED) is 0.351. The molecule has 0 aliphatic heterocycles. The summed E-state index contributed by atoms with van der Waals surface area (Å²) in [6, 6.07) is 8.66. The van der Waals surface area contributed by atoms with E-state index in [-0.39, 0.29) is 0 Å². The molecule has 0 spiro atoms. The van der Waals surface area contributed by atoms with E-state index in [2.05, 4.69) is 35.5 Å². The van der Waals surface area contributed by atoms with Crippen LogP contribution in [0.4, 0.5) is 5.69 Å². The summed E-state index contributed by atoms with van der Waals surface area (Å²) < 4.78 is 5.38. The molecule has 8 heteroatoms. The highest BCUT2D eigenvalue weighted by Crippen LogP contribution is 2.27. The molecule has 2 aromatic rings. The highest BCUT2D eigenvalue weighted by Gasteiger charge is 2.05.